The van der Waals surface area contributed by atoms with Crippen LogP contribution in [0.5, 0.6) is 0 Å². The molecule has 0 aromatic heterocycles. The van der Waals surface area contributed by atoms with Crippen molar-refractivity contribution in [2.24, 2.45) is 0 Å². The van der Waals surface area contributed by atoms with Gasteiger partial charge >= 0.3 is 0 Å². The van der Waals surface area contributed by atoms with Gasteiger partial charge in [0, 0.05) is 30.2 Å². The molecule has 0 saturated carbocycles. The molecule has 0 aliphatic heterocycles. The summed E-state index contributed by atoms with van der Waals surface area (Å²) in [4.78, 5) is -0.0930. The van der Waals surface area contributed by atoms with Crippen LogP contribution >= 0.6 is 0 Å². The van der Waals surface area contributed by atoms with E-state index in [-0.39, 0.29) is 16.9 Å². The summed E-state index contributed by atoms with van der Waals surface area (Å²) in [6.07, 6.45) is -0.382. The number of aliphatic hydroxyl groups is 1. The molecule has 7 heteroatoms. The summed E-state index contributed by atoms with van der Waals surface area (Å²) in [5.41, 5.74) is 2.09. The molecule has 0 bridgehead atoms. The van der Waals surface area contributed by atoms with Crippen LogP contribution in [0.2, 0.25) is 0 Å². The highest BCUT2D eigenvalue weighted by atomic mass is 32.2. The summed E-state index contributed by atoms with van der Waals surface area (Å²) >= 11 is 0. The average molecular weight is 396 g/mol. The summed E-state index contributed by atoms with van der Waals surface area (Å²) in [6.45, 7) is 0. The molecule has 0 fully saturated rings. The number of alkyl halides is 1. The number of aryl methyl sites for hydroxylation is 1. The summed E-state index contributed by atoms with van der Waals surface area (Å²) in [5.74, 6) is -1.70. The van der Waals surface area contributed by atoms with Crippen molar-refractivity contribution in [3.63, 3.8) is 0 Å². The van der Waals surface area contributed by atoms with Gasteiger partial charge in [-0.15, -0.1) is 0 Å². The van der Waals surface area contributed by atoms with Crippen LogP contribution < -0.4 is 0 Å². The zero-order chi connectivity index (χ0) is 19.5. The molecule has 0 spiro atoms. The molecule has 4 rings (SSSR count). The number of halogens is 3. The Bertz CT molecular complexity index is 1030. The molecule has 0 amide bonds. The summed E-state index contributed by atoms with van der Waals surface area (Å²) < 4.78 is 66.6. The first kappa shape index (κ1) is 18.5. The van der Waals surface area contributed by atoms with Gasteiger partial charge in [-0.25, -0.2) is 21.6 Å². The molecule has 144 valence electrons. The van der Waals surface area contributed by atoms with Gasteiger partial charge in [-0.2, -0.15) is 0 Å². The molecule has 1 unspecified atom stereocenters. The van der Waals surface area contributed by atoms with Crippen molar-refractivity contribution in [2.75, 3.05) is 6.26 Å². The van der Waals surface area contributed by atoms with Gasteiger partial charge in [-0.3, -0.25) is 0 Å². The first-order chi connectivity index (χ1) is 12.7. The topological polar surface area (TPSA) is 54.4 Å². The average Bonchev–Trinajstić information content (AvgIpc) is 2.87. The molecule has 0 saturated heterocycles. The predicted octanol–water partition coefficient (Wildman–Crippen LogP) is 3.76. The molecular formula is C20H19F3O3S. The van der Waals surface area contributed by atoms with Gasteiger partial charge in [0.1, 0.15) is 23.9 Å². The van der Waals surface area contributed by atoms with Crippen molar-refractivity contribution in [2.45, 2.75) is 48.8 Å². The van der Waals surface area contributed by atoms with E-state index in [9.17, 15) is 26.7 Å². The SMILES string of the molecule is CS(=O)(=O)c1ccc(C2CCCc3cc(F)cc(F)c32)c2c1[C@H](O)[C@H](F)C2. The lowest BCUT2D eigenvalue weighted by Crippen LogP contribution is -2.16. The van der Waals surface area contributed by atoms with Crippen LogP contribution in [-0.4, -0.2) is 26.0 Å². The minimum absolute atomic E-state index is 0.0807. The summed E-state index contributed by atoms with van der Waals surface area (Å²) in [7, 11) is -3.66. The maximum Gasteiger partial charge on any atom is 0.175 e. The lowest BCUT2D eigenvalue weighted by Gasteiger charge is -2.28. The molecule has 27 heavy (non-hydrogen) atoms. The number of rotatable bonds is 2. The molecule has 2 aliphatic rings. The van der Waals surface area contributed by atoms with Crippen molar-refractivity contribution in [1.82, 2.24) is 0 Å². The van der Waals surface area contributed by atoms with Crippen molar-refractivity contribution in [3.05, 3.63) is 63.7 Å². The van der Waals surface area contributed by atoms with E-state index in [4.69, 9.17) is 0 Å². The van der Waals surface area contributed by atoms with Crippen molar-refractivity contribution >= 4 is 9.84 Å². The third kappa shape index (κ3) is 2.97. The van der Waals surface area contributed by atoms with E-state index in [0.29, 0.717) is 41.5 Å². The lowest BCUT2D eigenvalue weighted by molar-refractivity contribution is 0.0907. The molecule has 0 radical (unpaired) electrons. The highest BCUT2D eigenvalue weighted by molar-refractivity contribution is 7.90. The molecule has 2 aromatic rings. The lowest BCUT2D eigenvalue weighted by atomic mass is 9.76. The molecule has 1 N–H and O–H groups in total. The van der Waals surface area contributed by atoms with E-state index in [1.54, 1.807) is 6.07 Å². The second-order valence-corrected chi connectivity index (χ2v) is 9.37. The monoisotopic (exact) mass is 396 g/mol. The van der Waals surface area contributed by atoms with E-state index >= 15 is 0 Å². The highest BCUT2D eigenvalue weighted by Crippen LogP contribution is 2.46. The second kappa shape index (κ2) is 6.34. The molecule has 3 atom stereocenters. The maximum absolute atomic E-state index is 14.6. The van der Waals surface area contributed by atoms with Crippen LogP contribution in [0.15, 0.2) is 29.2 Å². The third-order valence-corrected chi connectivity index (χ3v) is 6.79. The van der Waals surface area contributed by atoms with Gasteiger partial charge in [0.25, 0.3) is 0 Å². The first-order valence-corrected chi connectivity index (χ1v) is 10.7. The number of sulfone groups is 1. The minimum atomic E-state index is -3.66. The third-order valence-electron chi connectivity index (χ3n) is 5.63. The van der Waals surface area contributed by atoms with E-state index in [1.807, 2.05) is 0 Å². The van der Waals surface area contributed by atoms with Crippen LogP contribution in [0.3, 0.4) is 0 Å². The number of hydrogen-bond donors (Lipinski definition) is 1. The number of benzene rings is 2. The van der Waals surface area contributed by atoms with Gasteiger partial charge in [0.15, 0.2) is 9.84 Å². The molecule has 2 aromatic carbocycles. The van der Waals surface area contributed by atoms with E-state index in [0.717, 1.165) is 12.3 Å². The fourth-order valence-corrected chi connectivity index (χ4v) is 5.50. The van der Waals surface area contributed by atoms with Crippen LogP contribution in [0, 0.1) is 11.6 Å². The Morgan fingerprint density at radius 1 is 1.15 bits per heavy atom. The predicted molar refractivity (Wildman–Crippen MR) is 94.3 cm³/mol. The Morgan fingerprint density at radius 3 is 2.59 bits per heavy atom. The standard InChI is InChI=1S/C20H19F3O3S/c1-27(25,26)17-6-5-12(14-9-16(23)20(24)19(14)17)13-4-2-3-10-7-11(21)8-15(22)18(10)13/h5-8,13,16,20,24H,2-4,9H2,1H3/t13?,16-,20-/m1/s1. The van der Waals surface area contributed by atoms with Gasteiger partial charge in [0.05, 0.1) is 4.90 Å². The van der Waals surface area contributed by atoms with Crippen molar-refractivity contribution in [1.29, 1.82) is 0 Å². The van der Waals surface area contributed by atoms with Gasteiger partial charge < -0.3 is 5.11 Å². The van der Waals surface area contributed by atoms with Gasteiger partial charge in [-0.05, 0) is 53.6 Å². The highest BCUT2D eigenvalue weighted by Gasteiger charge is 2.39. The second-order valence-electron chi connectivity index (χ2n) is 7.39. The molecule has 3 nitrogen and oxygen atoms in total. The first-order valence-electron chi connectivity index (χ1n) is 8.84. The van der Waals surface area contributed by atoms with E-state index in [1.165, 1.54) is 12.1 Å². The van der Waals surface area contributed by atoms with Crippen molar-refractivity contribution < 1.29 is 26.7 Å². The van der Waals surface area contributed by atoms with E-state index < -0.39 is 39.7 Å². The summed E-state index contributed by atoms with van der Waals surface area (Å²) in [5, 5.41) is 10.2. The van der Waals surface area contributed by atoms with E-state index in [2.05, 4.69) is 0 Å². The Labute approximate surface area is 155 Å². The summed E-state index contributed by atoms with van der Waals surface area (Å²) in [6, 6.07) is 5.11. The largest absolute Gasteiger partial charge is 0.385 e. The van der Waals surface area contributed by atoms with Gasteiger partial charge in [-0.1, -0.05) is 6.07 Å². The van der Waals surface area contributed by atoms with Crippen LogP contribution in [-0.2, 0) is 22.7 Å². The Morgan fingerprint density at radius 2 is 1.89 bits per heavy atom. The van der Waals surface area contributed by atoms with Crippen LogP contribution in [0.4, 0.5) is 13.2 Å². The quantitative estimate of drug-likeness (QED) is 0.841. The minimum Gasteiger partial charge on any atom is -0.385 e. The Hall–Kier alpha value is -1.86. The number of hydrogen-bond acceptors (Lipinski definition) is 3. The zero-order valence-electron chi connectivity index (χ0n) is 14.7. The maximum atomic E-state index is 14.6. The van der Waals surface area contributed by atoms with Crippen molar-refractivity contribution in [3.8, 4) is 0 Å². The molecule has 0 heterocycles. The van der Waals surface area contributed by atoms with Crippen LogP contribution in [0.1, 0.15) is 52.7 Å². The number of aliphatic hydroxyl groups excluding tert-OH is 1. The van der Waals surface area contributed by atoms with Crippen LogP contribution in [0.25, 0.3) is 0 Å². The normalized spacial score (nSPS) is 24.6. The molecular weight excluding hydrogens is 377 g/mol. The number of fused-ring (bicyclic) bond motifs is 2. The van der Waals surface area contributed by atoms with Gasteiger partial charge in [0.2, 0.25) is 0 Å². The fourth-order valence-electron chi connectivity index (χ4n) is 4.54. The Kier molecular flexibility index (Phi) is 4.35. The Balaban J connectivity index is 1.94. The smallest absolute Gasteiger partial charge is 0.175 e. The fraction of sp³-hybridized carbons (Fsp3) is 0.400. The molecule has 2 aliphatic carbocycles. The zero-order valence-corrected chi connectivity index (χ0v) is 15.5.